The van der Waals surface area contributed by atoms with Gasteiger partial charge >= 0.3 is 0 Å². The summed E-state index contributed by atoms with van der Waals surface area (Å²) in [7, 11) is 3.63. The molecule has 1 aromatic heterocycles. The molecule has 3 rings (SSSR count). The first-order chi connectivity index (χ1) is 12.0. The van der Waals surface area contributed by atoms with Crippen molar-refractivity contribution in [3.8, 4) is 0 Å². The number of rotatable bonds is 5. The molecule has 0 bridgehead atoms. The number of aromatic nitrogens is 1. The van der Waals surface area contributed by atoms with Crippen LogP contribution in [-0.2, 0) is 9.59 Å². The number of carbonyl (C=O) groups is 2. The van der Waals surface area contributed by atoms with E-state index < -0.39 is 6.04 Å². The van der Waals surface area contributed by atoms with E-state index in [0.717, 1.165) is 5.57 Å². The van der Waals surface area contributed by atoms with Gasteiger partial charge in [0.25, 0.3) is 5.91 Å². The maximum absolute atomic E-state index is 13.0. The van der Waals surface area contributed by atoms with Crippen LogP contribution >= 0.6 is 0 Å². The van der Waals surface area contributed by atoms with Crippen LogP contribution < -0.4 is 5.32 Å². The molecule has 0 aromatic carbocycles. The summed E-state index contributed by atoms with van der Waals surface area (Å²) < 4.78 is 0. The third-order valence-electron chi connectivity index (χ3n) is 4.12. The Morgan fingerprint density at radius 1 is 1.36 bits per heavy atom. The average molecular weight is 337 g/mol. The molecule has 1 aliphatic carbocycles. The lowest BCUT2D eigenvalue weighted by molar-refractivity contribution is -0.132. The van der Waals surface area contributed by atoms with Crippen molar-refractivity contribution in [2.24, 2.45) is 5.10 Å². The van der Waals surface area contributed by atoms with Crippen LogP contribution in [0.1, 0.15) is 5.56 Å². The molecule has 2 aliphatic rings. The number of nitrogens with zero attached hydrogens (tertiary/aromatic N) is 4. The van der Waals surface area contributed by atoms with Crippen molar-refractivity contribution in [1.82, 2.24) is 14.9 Å². The Bertz CT molecular complexity index is 809. The second-order valence-electron chi connectivity index (χ2n) is 5.98. The van der Waals surface area contributed by atoms with Gasteiger partial charge in [-0.2, -0.15) is 5.10 Å². The molecule has 0 saturated heterocycles. The van der Waals surface area contributed by atoms with Gasteiger partial charge < -0.3 is 5.32 Å². The molecular formula is C18H19N5O2. The highest BCUT2D eigenvalue weighted by molar-refractivity contribution is 6.21. The number of hydrazone groups is 1. The second-order valence-corrected chi connectivity index (χ2v) is 5.98. The molecule has 1 aromatic rings. The van der Waals surface area contributed by atoms with Gasteiger partial charge in [0.05, 0.1) is 17.4 Å². The number of allylic oxidation sites excluding steroid dienone is 2. The fourth-order valence-electron chi connectivity index (χ4n) is 2.93. The number of nitrogens with one attached hydrogen (secondary N) is 1. The van der Waals surface area contributed by atoms with Gasteiger partial charge in [-0.3, -0.25) is 19.5 Å². The molecule has 2 heterocycles. The minimum Gasteiger partial charge on any atom is -0.328 e. The van der Waals surface area contributed by atoms with E-state index in [-0.39, 0.29) is 11.9 Å². The SMILES string of the molecule is C=C1C=CC=CC1N1N=C(c2cnccc2NC=O)C(N(C)C)C1=O. The lowest BCUT2D eigenvalue weighted by Gasteiger charge is -2.26. The molecule has 2 amide bonds. The van der Waals surface area contributed by atoms with Crippen LogP contribution in [0.3, 0.4) is 0 Å². The molecule has 0 spiro atoms. The summed E-state index contributed by atoms with van der Waals surface area (Å²) in [6, 6.07) is 0.786. The summed E-state index contributed by atoms with van der Waals surface area (Å²) in [4.78, 5) is 29.8. The lowest BCUT2D eigenvalue weighted by atomic mass is 10.0. The molecule has 1 N–H and O–H groups in total. The molecule has 2 atom stereocenters. The van der Waals surface area contributed by atoms with Crippen molar-refractivity contribution in [1.29, 1.82) is 0 Å². The first kappa shape index (κ1) is 16.8. The summed E-state index contributed by atoms with van der Waals surface area (Å²) in [6.07, 6.45) is 11.3. The zero-order valence-corrected chi connectivity index (χ0v) is 14.1. The predicted octanol–water partition coefficient (Wildman–Crippen LogP) is 1.18. The van der Waals surface area contributed by atoms with Crippen LogP contribution in [0.2, 0.25) is 0 Å². The molecule has 7 nitrogen and oxygen atoms in total. The van der Waals surface area contributed by atoms with Crippen LogP contribution in [0.4, 0.5) is 5.69 Å². The van der Waals surface area contributed by atoms with E-state index in [2.05, 4.69) is 22.0 Å². The summed E-state index contributed by atoms with van der Waals surface area (Å²) in [5.74, 6) is -0.146. The second kappa shape index (κ2) is 6.82. The molecule has 0 saturated carbocycles. The predicted molar refractivity (Wildman–Crippen MR) is 96.0 cm³/mol. The Morgan fingerprint density at radius 3 is 2.84 bits per heavy atom. The number of hydrogen-bond acceptors (Lipinski definition) is 5. The molecule has 0 fully saturated rings. The normalized spacial score (nSPS) is 22.5. The first-order valence-corrected chi connectivity index (χ1v) is 7.81. The minimum atomic E-state index is -0.566. The van der Waals surface area contributed by atoms with Gasteiger partial charge in [0, 0.05) is 18.0 Å². The molecular weight excluding hydrogens is 318 g/mol. The number of hydrogen-bond donors (Lipinski definition) is 1. The van der Waals surface area contributed by atoms with E-state index in [1.54, 1.807) is 23.4 Å². The summed E-state index contributed by atoms with van der Waals surface area (Å²) in [6.45, 7) is 4.00. The minimum absolute atomic E-state index is 0.146. The zero-order valence-electron chi connectivity index (χ0n) is 14.1. The van der Waals surface area contributed by atoms with Crippen molar-refractivity contribution < 1.29 is 9.59 Å². The van der Waals surface area contributed by atoms with Crippen LogP contribution in [0.5, 0.6) is 0 Å². The topological polar surface area (TPSA) is 77.9 Å². The van der Waals surface area contributed by atoms with Gasteiger partial charge in [0.2, 0.25) is 6.41 Å². The van der Waals surface area contributed by atoms with Crippen molar-refractivity contribution in [2.45, 2.75) is 12.1 Å². The van der Waals surface area contributed by atoms with Crippen molar-refractivity contribution in [3.63, 3.8) is 0 Å². The highest BCUT2D eigenvalue weighted by atomic mass is 16.2. The van der Waals surface area contributed by atoms with Crippen LogP contribution in [0.25, 0.3) is 0 Å². The molecule has 7 heteroatoms. The Morgan fingerprint density at radius 2 is 2.16 bits per heavy atom. The molecule has 0 radical (unpaired) electrons. The maximum atomic E-state index is 13.0. The van der Waals surface area contributed by atoms with E-state index in [1.165, 1.54) is 5.01 Å². The van der Waals surface area contributed by atoms with Crippen LogP contribution in [0, 0.1) is 0 Å². The van der Waals surface area contributed by atoms with E-state index >= 15 is 0 Å². The Kier molecular flexibility index (Phi) is 4.58. The van der Waals surface area contributed by atoms with Gasteiger partial charge in [-0.15, -0.1) is 0 Å². The molecule has 2 unspecified atom stereocenters. The average Bonchev–Trinajstić information content (AvgIpc) is 2.93. The van der Waals surface area contributed by atoms with Gasteiger partial charge in [0.15, 0.2) is 0 Å². The molecule has 1 aliphatic heterocycles. The molecule has 25 heavy (non-hydrogen) atoms. The monoisotopic (exact) mass is 337 g/mol. The Balaban J connectivity index is 2.06. The first-order valence-electron chi connectivity index (χ1n) is 7.81. The molecule has 128 valence electrons. The zero-order chi connectivity index (χ0) is 18.0. The standard InChI is InChI=1S/C18H19N5O2/c1-12-6-4-5-7-15(12)23-18(25)17(22(2)3)16(21-23)13-10-19-9-8-14(13)20-11-24/h4-11,15,17H,1H2,2-3H3,(H,19,20,24). The summed E-state index contributed by atoms with van der Waals surface area (Å²) in [5.41, 5.74) is 2.51. The van der Waals surface area contributed by atoms with Crippen molar-refractivity contribution in [2.75, 3.05) is 19.4 Å². The quantitative estimate of drug-likeness (QED) is 0.819. The van der Waals surface area contributed by atoms with E-state index in [4.69, 9.17) is 0 Å². The van der Waals surface area contributed by atoms with E-state index in [1.807, 2.05) is 38.4 Å². The highest BCUT2D eigenvalue weighted by Crippen LogP contribution is 2.28. The fourth-order valence-corrected chi connectivity index (χ4v) is 2.93. The summed E-state index contributed by atoms with van der Waals surface area (Å²) >= 11 is 0. The van der Waals surface area contributed by atoms with Gasteiger partial charge in [-0.05, 0) is 25.7 Å². The highest BCUT2D eigenvalue weighted by Gasteiger charge is 2.42. The van der Waals surface area contributed by atoms with Crippen LogP contribution in [-0.4, -0.2) is 59.1 Å². The Hall–Kier alpha value is -3.06. The van der Waals surface area contributed by atoms with Crippen molar-refractivity contribution >= 4 is 23.7 Å². The number of anilines is 1. The third-order valence-corrected chi connectivity index (χ3v) is 4.12. The number of likely N-dealkylation sites (N-methyl/N-ethyl adjacent to an activating group) is 1. The smallest absolute Gasteiger partial charge is 0.267 e. The number of carbonyl (C=O) groups excluding carboxylic acids is 2. The number of pyridine rings is 1. The fraction of sp³-hybridized carbons (Fsp3) is 0.222. The van der Waals surface area contributed by atoms with Crippen LogP contribution in [0.15, 0.2) is 60.0 Å². The van der Waals surface area contributed by atoms with Gasteiger partial charge in [0.1, 0.15) is 6.04 Å². The summed E-state index contributed by atoms with van der Waals surface area (Å²) in [5, 5.41) is 8.66. The largest absolute Gasteiger partial charge is 0.328 e. The van der Waals surface area contributed by atoms with Gasteiger partial charge in [-0.1, -0.05) is 30.9 Å². The van der Waals surface area contributed by atoms with Gasteiger partial charge in [-0.25, -0.2) is 5.01 Å². The van der Waals surface area contributed by atoms with E-state index in [9.17, 15) is 9.59 Å². The number of amides is 2. The Labute approximate surface area is 146 Å². The maximum Gasteiger partial charge on any atom is 0.267 e. The van der Waals surface area contributed by atoms with E-state index in [0.29, 0.717) is 23.4 Å². The van der Waals surface area contributed by atoms with Crippen molar-refractivity contribution in [3.05, 3.63) is 60.5 Å². The lowest BCUT2D eigenvalue weighted by Crippen LogP contribution is -2.45. The third kappa shape index (κ3) is 3.01.